The number of aliphatic hydroxyl groups is 1. The summed E-state index contributed by atoms with van der Waals surface area (Å²) in [6.07, 6.45) is 1.33. The van der Waals surface area contributed by atoms with E-state index >= 15 is 0 Å². The molecular formula is C11H15ClO3. The van der Waals surface area contributed by atoms with Gasteiger partial charge in [0.1, 0.15) is 0 Å². The third-order valence-electron chi connectivity index (χ3n) is 2.32. The Labute approximate surface area is 94.3 Å². The van der Waals surface area contributed by atoms with E-state index in [1.54, 1.807) is 6.07 Å². The van der Waals surface area contributed by atoms with Crippen LogP contribution in [0.25, 0.3) is 0 Å². The standard InChI is InChI=1S/C11H15ClO3/c1-7-6-9(14)11(15-2)10(12)8(7)4-3-5-13/h6,13-14H,3-5H2,1-2H3. The molecule has 1 aromatic rings. The molecule has 0 aliphatic rings. The van der Waals surface area contributed by atoms with Crippen LogP contribution in [-0.4, -0.2) is 23.9 Å². The van der Waals surface area contributed by atoms with Gasteiger partial charge in [-0.2, -0.15) is 0 Å². The molecule has 1 rings (SSSR count). The number of aromatic hydroxyl groups is 1. The third-order valence-corrected chi connectivity index (χ3v) is 2.71. The Balaban J connectivity index is 3.14. The van der Waals surface area contributed by atoms with Crippen LogP contribution in [0, 0.1) is 6.92 Å². The number of phenols is 1. The molecule has 0 aromatic heterocycles. The Morgan fingerprint density at radius 1 is 1.47 bits per heavy atom. The highest BCUT2D eigenvalue weighted by Gasteiger charge is 2.14. The maximum Gasteiger partial charge on any atom is 0.179 e. The highest BCUT2D eigenvalue weighted by atomic mass is 35.5. The second-order valence-corrected chi connectivity index (χ2v) is 3.74. The van der Waals surface area contributed by atoms with Crippen molar-refractivity contribution < 1.29 is 14.9 Å². The lowest BCUT2D eigenvalue weighted by atomic mass is 10.0. The fourth-order valence-corrected chi connectivity index (χ4v) is 1.95. The molecule has 0 saturated heterocycles. The normalized spacial score (nSPS) is 10.4. The van der Waals surface area contributed by atoms with Gasteiger partial charge in [0, 0.05) is 6.61 Å². The summed E-state index contributed by atoms with van der Waals surface area (Å²) < 4.78 is 5.01. The molecule has 0 radical (unpaired) electrons. The maximum atomic E-state index is 9.56. The first-order valence-electron chi connectivity index (χ1n) is 4.77. The van der Waals surface area contributed by atoms with Gasteiger partial charge in [0.15, 0.2) is 11.5 Å². The van der Waals surface area contributed by atoms with Gasteiger partial charge in [-0.25, -0.2) is 0 Å². The fraction of sp³-hybridized carbons (Fsp3) is 0.455. The summed E-state index contributed by atoms with van der Waals surface area (Å²) in [4.78, 5) is 0. The first-order chi connectivity index (χ1) is 7.11. The van der Waals surface area contributed by atoms with Gasteiger partial charge in [0.2, 0.25) is 0 Å². The van der Waals surface area contributed by atoms with E-state index in [0.29, 0.717) is 23.6 Å². The number of benzene rings is 1. The van der Waals surface area contributed by atoms with Crippen molar-refractivity contribution in [2.24, 2.45) is 0 Å². The van der Waals surface area contributed by atoms with Crippen molar-refractivity contribution in [2.75, 3.05) is 13.7 Å². The molecule has 4 heteroatoms. The molecule has 1 aromatic carbocycles. The van der Waals surface area contributed by atoms with E-state index in [4.69, 9.17) is 21.4 Å². The summed E-state index contributed by atoms with van der Waals surface area (Å²) in [7, 11) is 1.46. The van der Waals surface area contributed by atoms with Gasteiger partial charge >= 0.3 is 0 Å². The molecule has 2 N–H and O–H groups in total. The highest BCUT2D eigenvalue weighted by Crippen LogP contribution is 2.39. The minimum atomic E-state index is 0.0488. The van der Waals surface area contributed by atoms with Crippen molar-refractivity contribution in [2.45, 2.75) is 19.8 Å². The number of aryl methyl sites for hydroxylation is 1. The van der Waals surface area contributed by atoms with Crippen molar-refractivity contribution in [3.05, 3.63) is 22.2 Å². The Morgan fingerprint density at radius 3 is 2.67 bits per heavy atom. The van der Waals surface area contributed by atoms with Crippen LogP contribution in [0.2, 0.25) is 5.02 Å². The van der Waals surface area contributed by atoms with Crippen LogP contribution in [0.5, 0.6) is 11.5 Å². The van der Waals surface area contributed by atoms with E-state index in [2.05, 4.69) is 0 Å². The average molecular weight is 231 g/mol. The second-order valence-electron chi connectivity index (χ2n) is 3.37. The van der Waals surface area contributed by atoms with Crippen LogP contribution < -0.4 is 4.74 Å². The van der Waals surface area contributed by atoms with Crippen LogP contribution in [0.4, 0.5) is 0 Å². The second kappa shape index (κ2) is 5.24. The molecule has 3 nitrogen and oxygen atoms in total. The lowest BCUT2D eigenvalue weighted by Crippen LogP contribution is -1.97. The molecule has 0 fully saturated rings. The molecule has 0 aliphatic carbocycles. The van der Waals surface area contributed by atoms with E-state index in [-0.39, 0.29) is 12.4 Å². The number of phenolic OH excluding ortho intramolecular Hbond substituents is 1. The van der Waals surface area contributed by atoms with E-state index in [1.165, 1.54) is 7.11 Å². The van der Waals surface area contributed by atoms with Crippen LogP contribution in [0.1, 0.15) is 17.5 Å². The zero-order valence-electron chi connectivity index (χ0n) is 8.88. The number of hydrogen-bond donors (Lipinski definition) is 2. The Hall–Kier alpha value is -0.930. The van der Waals surface area contributed by atoms with Crippen molar-refractivity contribution in [1.82, 2.24) is 0 Å². The van der Waals surface area contributed by atoms with Gasteiger partial charge < -0.3 is 14.9 Å². The van der Waals surface area contributed by atoms with E-state index in [1.807, 2.05) is 6.92 Å². The van der Waals surface area contributed by atoms with E-state index < -0.39 is 0 Å². The number of hydrogen-bond acceptors (Lipinski definition) is 3. The van der Waals surface area contributed by atoms with Crippen molar-refractivity contribution in [1.29, 1.82) is 0 Å². The molecule has 15 heavy (non-hydrogen) atoms. The molecule has 0 bridgehead atoms. The summed E-state index contributed by atoms with van der Waals surface area (Å²) in [5.74, 6) is 0.350. The highest BCUT2D eigenvalue weighted by molar-refractivity contribution is 6.33. The zero-order chi connectivity index (χ0) is 11.4. The quantitative estimate of drug-likeness (QED) is 0.835. The number of halogens is 1. The predicted octanol–water partition coefficient (Wildman–Crippen LogP) is 2.29. The van der Waals surface area contributed by atoms with Crippen LogP contribution in [0.3, 0.4) is 0 Å². The molecular weight excluding hydrogens is 216 g/mol. The van der Waals surface area contributed by atoms with Crippen LogP contribution >= 0.6 is 11.6 Å². The van der Waals surface area contributed by atoms with E-state index in [9.17, 15) is 5.11 Å². The predicted molar refractivity (Wildman–Crippen MR) is 59.8 cm³/mol. The molecule has 0 heterocycles. The monoisotopic (exact) mass is 230 g/mol. The number of methoxy groups -OCH3 is 1. The fourth-order valence-electron chi connectivity index (χ4n) is 1.54. The summed E-state index contributed by atoms with van der Waals surface area (Å²) in [6, 6.07) is 1.62. The molecule has 0 aliphatic heterocycles. The Kier molecular flexibility index (Phi) is 4.24. The van der Waals surface area contributed by atoms with Gasteiger partial charge in [0.05, 0.1) is 12.1 Å². The topological polar surface area (TPSA) is 49.7 Å². The van der Waals surface area contributed by atoms with Crippen molar-refractivity contribution >= 4 is 11.6 Å². The molecule has 0 atom stereocenters. The number of ether oxygens (including phenoxy) is 1. The molecule has 0 unspecified atom stereocenters. The summed E-state index contributed by atoms with van der Waals surface area (Å²) >= 11 is 6.09. The SMILES string of the molecule is COc1c(O)cc(C)c(CCCO)c1Cl. The van der Waals surface area contributed by atoms with Gasteiger partial charge in [-0.05, 0) is 37.0 Å². The van der Waals surface area contributed by atoms with Gasteiger partial charge in [0.25, 0.3) is 0 Å². The van der Waals surface area contributed by atoms with Crippen LogP contribution in [0.15, 0.2) is 6.07 Å². The Morgan fingerprint density at radius 2 is 2.13 bits per heavy atom. The summed E-state index contributed by atoms with van der Waals surface area (Å²) in [5, 5.41) is 18.8. The largest absolute Gasteiger partial charge is 0.504 e. The zero-order valence-corrected chi connectivity index (χ0v) is 9.64. The maximum absolute atomic E-state index is 9.56. The first-order valence-corrected chi connectivity index (χ1v) is 5.15. The molecule has 0 amide bonds. The molecule has 0 saturated carbocycles. The van der Waals surface area contributed by atoms with Gasteiger partial charge in [-0.15, -0.1) is 0 Å². The number of rotatable bonds is 4. The summed E-state index contributed by atoms with van der Waals surface area (Å²) in [6.45, 7) is 2.00. The average Bonchev–Trinajstić information content (AvgIpc) is 2.17. The smallest absolute Gasteiger partial charge is 0.179 e. The molecule has 84 valence electrons. The first kappa shape index (κ1) is 12.1. The Bertz CT molecular complexity index is 350. The minimum absolute atomic E-state index is 0.0488. The summed E-state index contributed by atoms with van der Waals surface area (Å²) in [5.41, 5.74) is 1.83. The van der Waals surface area contributed by atoms with Gasteiger partial charge in [-0.1, -0.05) is 11.6 Å². The van der Waals surface area contributed by atoms with E-state index in [0.717, 1.165) is 11.1 Å². The minimum Gasteiger partial charge on any atom is -0.504 e. The lowest BCUT2D eigenvalue weighted by Gasteiger charge is -2.13. The number of aliphatic hydroxyl groups excluding tert-OH is 1. The van der Waals surface area contributed by atoms with Crippen LogP contribution in [-0.2, 0) is 6.42 Å². The molecule has 0 spiro atoms. The van der Waals surface area contributed by atoms with Crippen molar-refractivity contribution in [3.8, 4) is 11.5 Å². The lowest BCUT2D eigenvalue weighted by molar-refractivity contribution is 0.288. The third kappa shape index (κ3) is 2.55. The van der Waals surface area contributed by atoms with Gasteiger partial charge in [-0.3, -0.25) is 0 Å². The van der Waals surface area contributed by atoms with Crippen molar-refractivity contribution in [3.63, 3.8) is 0 Å².